The van der Waals surface area contributed by atoms with Gasteiger partial charge in [0.05, 0.1) is 5.38 Å². The minimum atomic E-state index is 1.29. The lowest BCUT2D eigenvalue weighted by Crippen LogP contribution is -1.72. The number of rotatable bonds is 0. The second-order valence-corrected chi connectivity index (χ2v) is 3.78. The van der Waals surface area contributed by atoms with Gasteiger partial charge in [-0.15, -0.1) is 11.3 Å². The number of thiophene rings is 1. The molecule has 0 nitrogen and oxygen atoms in total. The molecule has 0 aliphatic carbocycles. The molecule has 0 saturated carbocycles. The zero-order chi connectivity index (χ0) is 7.84. The summed E-state index contributed by atoms with van der Waals surface area (Å²) in [4.78, 5) is 1.36. The standard InChI is InChI=1S/C10H9S/c1-7-4-3-5-9-8(2)11-6-10(7)9/h3-5H,1-2H3. The van der Waals surface area contributed by atoms with E-state index >= 15 is 0 Å². The Labute approximate surface area is 70.5 Å². The minimum Gasteiger partial charge on any atom is -0.138 e. The molecule has 1 heteroatoms. The predicted octanol–water partition coefficient (Wildman–Crippen LogP) is 3.32. The van der Waals surface area contributed by atoms with Crippen LogP contribution in [0.25, 0.3) is 10.8 Å². The number of hydrogen-bond donors (Lipinski definition) is 0. The van der Waals surface area contributed by atoms with E-state index < -0.39 is 0 Å². The summed E-state index contributed by atoms with van der Waals surface area (Å²) in [6.45, 7) is 4.27. The van der Waals surface area contributed by atoms with Crippen LogP contribution in [-0.2, 0) is 0 Å². The third-order valence-electron chi connectivity index (χ3n) is 1.96. The van der Waals surface area contributed by atoms with Gasteiger partial charge in [-0.25, -0.2) is 0 Å². The van der Waals surface area contributed by atoms with E-state index in [9.17, 15) is 0 Å². The highest BCUT2D eigenvalue weighted by molar-refractivity contribution is 7.11. The number of hydrogen-bond acceptors (Lipinski definition) is 1. The van der Waals surface area contributed by atoms with E-state index in [4.69, 9.17) is 0 Å². The molecule has 0 amide bonds. The molecule has 0 aliphatic heterocycles. The number of aryl methyl sites for hydroxylation is 2. The van der Waals surface area contributed by atoms with Crippen LogP contribution in [0.1, 0.15) is 10.4 Å². The van der Waals surface area contributed by atoms with Gasteiger partial charge < -0.3 is 0 Å². The topological polar surface area (TPSA) is 0 Å². The lowest BCUT2D eigenvalue weighted by molar-refractivity contribution is 1.54. The van der Waals surface area contributed by atoms with E-state index in [1.54, 1.807) is 11.3 Å². The van der Waals surface area contributed by atoms with Crippen molar-refractivity contribution < 1.29 is 0 Å². The molecule has 0 atom stereocenters. The van der Waals surface area contributed by atoms with Crippen molar-refractivity contribution in [1.82, 2.24) is 0 Å². The molecule has 2 rings (SSSR count). The molecule has 0 aliphatic rings. The van der Waals surface area contributed by atoms with Gasteiger partial charge in [0.15, 0.2) is 0 Å². The fraction of sp³-hybridized carbons (Fsp3) is 0.200. The zero-order valence-corrected chi connectivity index (χ0v) is 7.46. The Morgan fingerprint density at radius 1 is 1.27 bits per heavy atom. The van der Waals surface area contributed by atoms with Crippen LogP contribution in [0.5, 0.6) is 0 Å². The largest absolute Gasteiger partial charge is 0.138 e. The van der Waals surface area contributed by atoms with Gasteiger partial charge in [0, 0.05) is 10.3 Å². The van der Waals surface area contributed by atoms with Crippen molar-refractivity contribution in [1.29, 1.82) is 0 Å². The monoisotopic (exact) mass is 161 g/mol. The van der Waals surface area contributed by atoms with E-state index in [-0.39, 0.29) is 0 Å². The molecule has 0 fully saturated rings. The maximum Gasteiger partial charge on any atom is 0.0533 e. The second kappa shape index (κ2) is 2.35. The van der Waals surface area contributed by atoms with Gasteiger partial charge in [0.25, 0.3) is 0 Å². The highest BCUT2D eigenvalue weighted by atomic mass is 32.1. The van der Waals surface area contributed by atoms with Gasteiger partial charge >= 0.3 is 0 Å². The summed E-state index contributed by atoms with van der Waals surface area (Å²) < 4.78 is 0. The molecule has 2 aromatic rings. The summed E-state index contributed by atoms with van der Waals surface area (Å²) >= 11 is 1.71. The summed E-state index contributed by atoms with van der Waals surface area (Å²) in [5, 5.41) is 5.94. The first-order valence-electron chi connectivity index (χ1n) is 3.65. The fourth-order valence-corrected chi connectivity index (χ4v) is 2.09. The van der Waals surface area contributed by atoms with Crippen molar-refractivity contribution in [3.63, 3.8) is 0 Å². The highest BCUT2D eigenvalue weighted by Gasteiger charge is 2.00. The van der Waals surface area contributed by atoms with E-state index in [0.717, 1.165) is 0 Å². The SMILES string of the molecule is Cc1cccc2c(C)s[c]c12. The summed E-state index contributed by atoms with van der Waals surface area (Å²) in [6, 6.07) is 6.39. The van der Waals surface area contributed by atoms with Gasteiger partial charge in [0.1, 0.15) is 0 Å². The van der Waals surface area contributed by atoms with Crippen LogP contribution in [-0.4, -0.2) is 0 Å². The lowest BCUT2D eigenvalue weighted by Gasteiger charge is -1.93. The Morgan fingerprint density at radius 2 is 2.09 bits per heavy atom. The van der Waals surface area contributed by atoms with Crippen LogP contribution in [0.2, 0.25) is 0 Å². The first-order valence-corrected chi connectivity index (χ1v) is 4.47. The van der Waals surface area contributed by atoms with Crippen molar-refractivity contribution in [2.75, 3.05) is 0 Å². The van der Waals surface area contributed by atoms with Gasteiger partial charge in [-0.05, 0) is 24.8 Å². The highest BCUT2D eigenvalue weighted by Crippen LogP contribution is 2.26. The summed E-state index contributed by atoms with van der Waals surface area (Å²) in [7, 11) is 0. The molecule has 11 heavy (non-hydrogen) atoms. The van der Waals surface area contributed by atoms with E-state index in [2.05, 4.69) is 37.4 Å². The van der Waals surface area contributed by atoms with Crippen molar-refractivity contribution in [2.24, 2.45) is 0 Å². The van der Waals surface area contributed by atoms with Gasteiger partial charge in [0.2, 0.25) is 0 Å². The molecule has 1 radical (unpaired) electrons. The molecule has 0 saturated heterocycles. The number of fused-ring (bicyclic) bond motifs is 1. The van der Waals surface area contributed by atoms with E-state index in [0.29, 0.717) is 0 Å². The first kappa shape index (κ1) is 6.86. The minimum absolute atomic E-state index is 1.29. The van der Waals surface area contributed by atoms with Gasteiger partial charge in [-0.3, -0.25) is 0 Å². The average Bonchev–Trinajstić information content (AvgIpc) is 2.35. The molecule has 1 aromatic heterocycles. The quantitative estimate of drug-likeness (QED) is 0.556. The average molecular weight is 161 g/mol. The van der Waals surface area contributed by atoms with Crippen LogP contribution >= 0.6 is 11.3 Å². The van der Waals surface area contributed by atoms with Crippen LogP contribution in [0.15, 0.2) is 18.2 Å². The smallest absolute Gasteiger partial charge is 0.0533 e. The van der Waals surface area contributed by atoms with E-state index in [1.807, 2.05) is 0 Å². The Balaban J connectivity index is 2.94. The van der Waals surface area contributed by atoms with Gasteiger partial charge in [-0.2, -0.15) is 0 Å². The first-order chi connectivity index (χ1) is 5.29. The second-order valence-electron chi connectivity index (χ2n) is 2.76. The van der Waals surface area contributed by atoms with Crippen LogP contribution in [0.4, 0.5) is 0 Å². The molecule has 1 aromatic carbocycles. The van der Waals surface area contributed by atoms with Crippen LogP contribution in [0.3, 0.4) is 0 Å². The van der Waals surface area contributed by atoms with Crippen molar-refractivity contribution in [2.45, 2.75) is 13.8 Å². The van der Waals surface area contributed by atoms with Crippen molar-refractivity contribution in [3.8, 4) is 0 Å². The molecule has 55 valence electrons. The van der Waals surface area contributed by atoms with Gasteiger partial charge in [-0.1, -0.05) is 18.2 Å². The summed E-state index contributed by atoms with van der Waals surface area (Å²) in [5.41, 5.74) is 1.33. The molecule has 0 unspecified atom stereocenters. The lowest BCUT2D eigenvalue weighted by atomic mass is 10.1. The maximum atomic E-state index is 3.30. The Morgan fingerprint density at radius 3 is 2.82 bits per heavy atom. The molecule has 0 N–H and O–H groups in total. The Hall–Kier alpha value is -0.820. The van der Waals surface area contributed by atoms with Crippen LogP contribution in [0, 0.1) is 19.2 Å². The van der Waals surface area contributed by atoms with Crippen LogP contribution < -0.4 is 0 Å². The fourth-order valence-electron chi connectivity index (χ4n) is 1.28. The van der Waals surface area contributed by atoms with Crippen molar-refractivity contribution >= 4 is 22.1 Å². The maximum absolute atomic E-state index is 3.30. The van der Waals surface area contributed by atoms with E-state index in [1.165, 1.54) is 21.2 Å². The van der Waals surface area contributed by atoms with Crippen molar-refractivity contribution in [3.05, 3.63) is 34.0 Å². The Kier molecular flexibility index (Phi) is 1.46. The summed E-state index contributed by atoms with van der Waals surface area (Å²) in [5.74, 6) is 0. The molecular formula is C10H9S. The molecule has 1 heterocycles. The predicted molar refractivity (Wildman–Crippen MR) is 50.1 cm³/mol. The number of benzene rings is 1. The third-order valence-corrected chi connectivity index (χ3v) is 2.79. The molecular weight excluding hydrogens is 152 g/mol. The third kappa shape index (κ3) is 0.962. The normalized spacial score (nSPS) is 10.7. The Bertz CT molecular complexity index is 385. The molecule has 0 bridgehead atoms. The summed E-state index contributed by atoms with van der Waals surface area (Å²) in [6.07, 6.45) is 0. The zero-order valence-electron chi connectivity index (χ0n) is 6.64. The molecule has 0 spiro atoms.